The Balaban J connectivity index is 2.21. The first-order valence-electron chi connectivity index (χ1n) is 8.45. The maximum atomic E-state index is 13.3. The first kappa shape index (κ1) is 19.9. The van der Waals surface area contributed by atoms with E-state index in [1.54, 1.807) is 7.05 Å². The van der Waals surface area contributed by atoms with Gasteiger partial charge in [-0.2, -0.15) is 0 Å². The maximum absolute atomic E-state index is 13.3. The first-order chi connectivity index (χ1) is 11.6. The van der Waals surface area contributed by atoms with Crippen molar-refractivity contribution in [2.24, 2.45) is 0 Å². The summed E-state index contributed by atoms with van der Waals surface area (Å²) in [5.41, 5.74) is -0.265. The van der Waals surface area contributed by atoms with Gasteiger partial charge in [0.25, 0.3) is 0 Å². The van der Waals surface area contributed by atoms with E-state index in [-0.39, 0.29) is 12.5 Å². The lowest BCUT2D eigenvalue weighted by molar-refractivity contribution is -0.160. The third-order valence-corrected chi connectivity index (χ3v) is 4.81. The Hall–Kier alpha value is -1.40. The van der Waals surface area contributed by atoms with Gasteiger partial charge in [0.15, 0.2) is 0 Å². The molecule has 1 aromatic rings. The van der Waals surface area contributed by atoms with Crippen LogP contribution >= 0.6 is 15.9 Å². The minimum absolute atomic E-state index is 0.0603. The number of carbonyl (C=O) groups is 2. The predicted molar refractivity (Wildman–Crippen MR) is 99.4 cm³/mol. The Kier molecular flexibility index (Phi) is 6.27. The van der Waals surface area contributed by atoms with Gasteiger partial charge in [0.05, 0.1) is 5.41 Å². The minimum Gasteiger partial charge on any atom is -0.459 e. The zero-order valence-corrected chi connectivity index (χ0v) is 16.9. The molecule has 1 fully saturated rings. The van der Waals surface area contributed by atoms with Crippen LogP contribution in [0.15, 0.2) is 28.7 Å². The molecule has 0 radical (unpaired) electrons. The summed E-state index contributed by atoms with van der Waals surface area (Å²) < 4.78 is 11.8. The van der Waals surface area contributed by atoms with E-state index < -0.39 is 17.0 Å². The highest BCUT2D eigenvalue weighted by molar-refractivity contribution is 9.10. The summed E-state index contributed by atoms with van der Waals surface area (Å²) in [7, 11) is 1.66. The van der Waals surface area contributed by atoms with Gasteiger partial charge in [-0.25, -0.2) is 0 Å². The van der Waals surface area contributed by atoms with Crippen LogP contribution in [-0.2, 0) is 24.5 Å². The quantitative estimate of drug-likeness (QED) is 0.713. The molecule has 2 rings (SSSR count). The Morgan fingerprint density at radius 1 is 1.20 bits per heavy atom. The van der Waals surface area contributed by atoms with E-state index in [1.165, 1.54) is 4.90 Å². The minimum atomic E-state index is -0.657. The topological polar surface area (TPSA) is 55.8 Å². The summed E-state index contributed by atoms with van der Waals surface area (Å²) in [5, 5.41) is 0. The first-order valence-corrected chi connectivity index (χ1v) is 9.24. The molecule has 138 valence electrons. The summed E-state index contributed by atoms with van der Waals surface area (Å²) >= 11 is 3.43. The Morgan fingerprint density at radius 2 is 1.76 bits per heavy atom. The van der Waals surface area contributed by atoms with Crippen molar-refractivity contribution in [2.45, 2.75) is 44.6 Å². The molecule has 1 saturated heterocycles. The summed E-state index contributed by atoms with van der Waals surface area (Å²) in [6.45, 7) is 6.44. The molecule has 0 unspecified atom stereocenters. The highest BCUT2D eigenvalue weighted by Gasteiger charge is 2.43. The molecule has 0 N–H and O–H groups in total. The fraction of sp³-hybridized carbons (Fsp3) is 0.579. The van der Waals surface area contributed by atoms with Gasteiger partial charge in [0.1, 0.15) is 12.1 Å². The predicted octanol–water partition coefficient (Wildman–Crippen LogP) is 3.30. The molecule has 1 amide bonds. The smallest absolute Gasteiger partial charge is 0.326 e. The van der Waals surface area contributed by atoms with Crippen LogP contribution in [0.1, 0.15) is 39.2 Å². The number of benzene rings is 1. The van der Waals surface area contributed by atoms with Crippen LogP contribution in [-0.4, -0.2) is 49.2 Å². The molecule has 1 heterocycles. The largest absolute Gasteiger partial charge is 0.459 e. The van der Waals surface area contributed by atoms with Gasteiger partial charge in [-0.15, -0.1) is 0 Å². The third-order valence-electron chi connectivity index (χ3n) is 4.29. The van der Waals surface area contributed by atoms with Crippen molar-refractivity contribution in [1.82, 2.24) is 4.90 Å². The fourth-order valence-electron chi connectivity index (χ4n) is 3.12. The molecule has 0 saturated carbocycles. The lowest BCUT2D eigenvalue weighted by Crippen LogP contribution is -2.50. The molecule has 1 aliphatic rings. The number of hydrogen-bond acceptors (Lipinski definition) is 4. The van der Waals surface area contributed by atoms with Crippen molar-refractivity contribution in [3.8, 4) is 0 Å². The van der Waals surface area contributed by atoms with Crippen LogP contribution in [0.5, 0.6) is 0 Å². The second-order valence-electron chi connectivity index (χ2n) is 7.45. The highest BCUT2D eigenvalue weighted by atomic mass is 79.9. The molecule has 6 heteroatoms. The summed E-state index contributed by atoms with van der Waals surface area (Å²) in [4.78, 5) is 26.8. The van der Waals surface area contributed by atoms with Crippen LogP contribution in [0.2, 0.25) is 0 Å². The van der Waals surface area contributed by atoms with E-state index in [2.05, 4.69) is 15.9 Å². The molecule has 1 aliphatic heterocycles. The maximum Gasteiger partial charge on any atom is 0.326 e. The standard InChI is InChI=1S/C19H26BrNO4/c1-18(2,3)25-16(22)13-21(4)17(23)19(9-11-24-12-10-19)14-5-7-15(20)8-6-14/h5-8H,9-13H2,1-4H3. The molecule has 25 heavy (non-hydrogen) atoms. The number of likely N-dealkylation sites (N-methyl/N-ethyl adjacent to an activating group) is 1. The van der Waals surface area contributed by atoms with Crippen molar-refractivity contribution in [1.29, 1.82) is 0 Å². The van der Waals surface area contributed by atoms with Gasteiger partial charge in [-0.1, -0.05) is 28.1 Å². The fourth-order valence-corrected chi connectivity index (χ4v) is 3.38. The molecule has 5 nitrogen and oxygen atoms in total. The summed E-state index contributed by atoms with van der Waals surface area (Å²) in [5.74, 6) is -0.467. The zero-order chi connectivity index (χ0) is 18.7. The van der Waals surface area contributed by atoms with Gasteiger partial charge < -0.3 is 14.4 Å². The normalized spacial score (nSPS) is 17.0. The van der Waals surface area contributed by atoms with Crippen molar-refractivity contribution in [3.63, 3.8) is 0 Å². The molecule has 0 bridgehead atoms. The molecule has 0 aromatic heterocycles. The van der Waals surface area contributed by atoms with Gasteiger partial charge in [-0.05, 0) is 51.3 Å². The molecular weight excluding hydrogens is 386 g/mol. The van der Waals surface area contributed by atoms with Crippen molar-refractivity contribution < 1.29 is 19.1 Å². The number of nitrogens with zero attached hydrogens (tertiary/aromatic N) is 1. The molecular formula is C19H26BrNO4. The lowest BCUT2D eigenvalue weighted by atomic mass is 9.73. The third kappa shape index (κ3) is 5.05. The lowest BCUT2D eigenvalue weighted by Gasteiger charge is -2.39. The van der Waals surface area contributed by atoms with E-state index in [4.69, 9.17) is 9.47 Å². The number of ether oxygens (including phenoxy) is 2. The number of rotatable bonds is 4. The molecule has 0 aliphatic carbocycles. The van der Waals surface area contributed by atoms with Crippen LogP contribution in [0.4, 0.5) is 0 Å². The molecule has 0 atom stereocenters. The summed E-state index contributed by atoms with van der Waals surface area (Å²) in [6, 6.07) is 7.81. The van der Waals surface area contributed by atoms with Crippen molar-refractivity contribution in [3.05, 3.63) is 34.3 Å². The summed E-state index contributed by atoms with van der Waals surface area (Å²) in [6.07, 6.45) is 1.21. The Labute approximate surface area is 157 Å². The van der Waals surface area contributed by atoms with Crippen molar-refractivity contribution >= 4 is 27.8 Å². The number of hydrogen-bond donors (Lipinski definition) is 0. The average molecular weight is 412 g/mol. The van der Waals surface area contributed by atoms with E-state index in [1.807, 2.05) is 45.0 Å². The van der Waals surface area contributed by atoms with Crippen LogP contribution < -0.4 is 0 Å². The van der Waals surface area contributed by atoms with Crippen LogP contribution in [0.3, 0.4) is 0 Å². The second kappa shape index (κ2) is 7.87. The zero-order valence-electron chi connectivity index (χ0n) is 15.3. The van der Waals surface area contributed by atoms with E-state index >= 15 is 0 Å². The van der Waals surface area contributed by atoms with E-state index in [9.17, 15) is 9.59 Å². The monoisotopic (exact) mass is 411 g/mol. The average Bonchev–Trinajstić information content (AvgIpc) is 2.53. The number of halogens is 1. The number of esters is 1. The molecule has 0 spiro atoms. The van der Waals surface area contributed by atoms with Crippen LogP contribution in [0, 0.1) is 0 Å². The SMILES string of the molecule is CN(CC(=O)OC(C)(C)C)C(=O)C1(c2ccc(Br)cc2)CCOCC1. The Bertz CT molecular complexity index is 615. The van der Waals surface area contributed by atoms with Crippen LogP contribution in [0.25, 0.3) is 0 Å². The van der Waals surface area contributed by atoms with E-state index in [0.717, 1.165) is 10.0 Å². The number of amides is 1. The van der Waals surface area contributed by atoms with Gasteiger partial charge >= 0.3 is 5.97 Å². The molecule has 1 aromatic carbocycles. The second-order valence-corrected chi connectivity index (χ2v) is 8.36. The van der Waals surface area contributed by atoms with E-state index in [0.29, 0.717) is 26.1 Å². The Morgan fingerprint density at radius 3 is 2.28 bits per heavy atom. The van der Waals surface area contributed by atoms with Gasteiger partial charge in [-0.3, -0.25) is 9.59 Å². The number of carbonyl (C=O) groups excluding carboxylic acids is 2. The highest BCUT2D eigenvalue weighted by Crippen LogP contribution is 2.37. The van der Waals surface area contributed by atoms with Gasteiger partial charge in [0, 0.05) is 24.7 Å². The van der Waals surface area contributed by atoms with Crippen molar-refractivity contribution in [2.75, 3.05) is 26.8 Å². The van der Waals surface area contributed by atoms with Gasteiger partial charge in [0.2, 0.25) is 5.91 Å².